The first-order valence-corrected chi connectivity index (χ1v) is 8.40. The van der Waals surface area contributed by atoms with E-state index in [0.29, 0.717) is 11.5 Å². The van der Waals surface area contributed by atoms with Crippen LogP contribution in [0.5, 0.6) is 5.75 Å². The zero-order chi connectivity index (χ0) is 18.6. The molecule has 7 heteroatoms. The molecule has 0 spiro atoms. The SMILES string of the molecule is Cc1cc(SCc2ccc(C(F)(F)F)cc2)c(C)cc1OCC(=O)O. The second-order valence-corrected chi connectivity index (χ2v) is 6.57. The number of carbonyl (C=O) groups is 1. The molecule has 2 aromatic carbocycles. The van der Waals surface area contributed by atoms with Crippen molar-refractivity contribution in [1.29, 1.82) is 0 Å². The van der Waals surface area contributed by atoms with Crippen molar-refractivity contribution in [2.45, 2.75) is 30.7 Å². The van der Waals surface area contributed by atoms with Gasteiger partial charge in [-0.15, -0.1) is 11.8 Å². The first-order chi connectivity index (χ1) is 11.7. The Morgan fingerprint density at radius 3 is 2.32 bits per heavy atom. The van der Waals surface area contributed by atoms with E-state index in [1.54, 1.807) is 6.07 Å². The maximum absolute atomic E-state index is 12.6. The summed E-state index contributed by atoms with van der Waals surface area (Å²) in [7, 11) is 0. The minimum atomic E-state index is -4.33. The number of aryl methyl sites for hydroxylation is 2. The van der Waals surface area contributed by atoms with Crippen LogP contribution in [0.25, 0.3) is 0 Å². The normalized spacial score (nSPS) is 11.4. The average Bonchev–Trinajstić information content (AvgIpc) is 2.53. The number of rotatable bonds is 6. The van der Waals surface area contributed by atoms with Gasteiger partial charge in [0.2, 0.25) is 0 Å². The molecule has 0 aliphatic carbocycles. The molecule has 25 heavy (non-hydrogen) atoms. The Morgan fingerprint density at radius 2 is 1.76 bits per heavy atom. The third-order valence-corrected chi connectivity index (χ3v) is 4.73. The van der Waals surface area contributed by atoms with E-state index >= 15 is 0 Å². The Hall–Kier alpha value is -2.15. The van der Waals surface area contributed by atoms with Crippen LogP contribution in [0.4, 0.5) is 13.2 Å². The summed E-state index contributed by atoms with van der Waals surface area (Å²) in [4.78, 5) is 11.6. The zero-order valence-corrected chi connectivity index (χ0v) is 14.5. The lowest BCUT2D eigenvalue weighted by Gasteiger charge is -2.12. The second kappa shape index (κ2) is 7.82. The number of hydrogen-bond donors (Lipinski definition) is 1. The molecule has 0 fully saturated rings. The quantitative estimate of drug-likeness (QED) is 0.721. The van der Waals surface area contributed by atoms with E-state index in [9.17, 15) is 18.0 Å². The van der Waals surface area contributed by atoms with Crippen molar-refractivity contribution in [3.8, 4) is 5.75 Å². The van der Waals surface area contributed by atoms with Crippen LogP contribution in [0.15, 0.2) is 41.3 Å². The topological polar surface area (TPSA) is 46.5 Å². The molecule has 0 bridgehead atoms. The molecule has 0 aromatic heterocycles. The fraction of sp³-hybridized carbons (Fsp3) is 0.278. The molecule has 2 aromatic rings. The Labute approximate surface area is 147 Å². The van der Waals surface area contributed by atoms with E-state index < -0.39 is 24.3 Å². The number of ether oxygens (including phenoxy) is 1. The average molecular weight is 370 g/mol. The van der Waals surface area contributed by atoms with Crippen molar-refractivity contribution in [1.82, 2.24) is 0 Å². The minimum Gasteiger partial charge on any atom is -0.482 e. The Morgan fingerprint density at radius 1 is 1.12 bits per heavy atom. The van der Waals surface area contributed by atoms with Crippen molar-refractivity contribution in [2.75, 3.05) is 6.61 Å². The lowest BCUT2D eigenvalue weighted by Crippen LogP contribution is -2.10. The minimum absolute atomic E-state index is 0.404. The number of carboxylic acid groups (broad SMARTS) is 1. The third-order valence-electron chi connectivity index (χ3n) is 3.50. The second-order valence-electron chi connectivity index (χ2n) is 5.55. The smallest absolute Gasteiger partial charge is 0.416 e. The van der Waals surface area contributed by atoms with Crippen LogP contribution in [0, 0.1) is 13.8 Å². The number of alkyl halides is 3. The molecule has 0 radical (unpaired) electrons. The van der Waals surface area contributed by atoms with Gasteiger partial charge < -0.3 is 9.84 Å². The van der Waals surface area contributed by atoms with E-state index in [1.807, 2.05) is 19.9 Å². The summed E-state index contributed by atoms with van der Waals surface area (Å²) in [6, 6.07) is 8.77. The van der Waals surface area contributed by atoms with Gasteiger partial charge >= 0.3 is 12.1 Å². The number of halogens is 3. The van der Waals surface area contributed by atoms with Crippen molar-refractivity contribution < 1.29 is 27.8 Å². The first kappa shape index (κ1) is 19.2. The maximum Gasteiger partial charge on any atom is 0.416 e. The summed E-state index contributed by atoms with van der Waals surface area (Å²) in [5.74, 6) is 0.00453. The van der Waals surface area contributed by atoms with E-state index in [4.69, 9.17) is 9.84 Å². The van der Waals surface area contributed by atoms with E-state index in [1.165, 1.54) is 23.9 Å². The van der Waals surface area contributed by atoms with E-state index in [-0.39, 0.29) is 0 Å². The van der Waals surface area contributed by atoms with Gasteiger partial charge in [-0.05, 0) is 54.8 Å². The molecule has 0 saturated heterocycles. The lowest BCUT2D eigenvalue weighted by molar-refractivity contribution is -0.139. The fourth-order valence-electron chi connectivity index (χ4n) is 2.16. The van der Waals surface area contributed by atoms with Gasteiger partial charge in [0.1, 0.15) is 5.75 Å². The monoisotopic (exact) mass is 370 g/mol. The molecular formula is C18H17F3O3S. The van der Waals surface area contributed by atoms with Crippen LogP contribution in [0.1, 0.15) is 22.3 Å². The number of carboxylic acids is 1. The van der Waals surface area contributed by atoms with Gasteiger partial charge in [0.25, 0.3) is 0 Å². The van der Waals surface area contributed by atoms with Crippen LogP contribution >= 0.6 is 11.8 Å². The number of aliphatic carboxylic acids is 1. The van der Waals surface area contributed by atoms with Crippen LogP contribution in [-0.4, -0.2) is 17.7 Å². The molecule has 1 N–H and O–H groups in total. The molecule has 0 unspecified atom stereocenters. The highest BCUT2D eigenvalue weighted by atomic mass is 32.2. The zero-order valence-electron chi connectivity index (χ0n) is 13.7. The standard InChI is InChI=1S/C18H17F3O3S/c1-11-8-16(12(2)7-15(11)24-9-17(22)23)25-10-13-3-5-14(6-4-13)18(19,20)21/h3-8H,9-10H2,1-2H3,(H,22,23). The van der Waals surface area contributed by atoms with Crippen molar-refractivity contribution in [2.24, 2.45) is 0 Å². The predicted molar refractivity (Wildman–Crippen MR) is 90.1 cm³/mol. The molecule has 0 aliphatic heterocycles. The lowest BCUT2D eigenvalue weighted by atomic mass is 10.1. The molecule has 3 nitrogen and oxygen atoms in total. The Balaban J connectivity index is 2.05. The Bertz CT molecular complexity index is 755. The van der Waals surface area contributed by atoms with Crippen LogP contribution in [-0.2, 0) is 16.7 Å². The third kappa shape index (κ3) is 5.42. The Kier molecular flexibility index (Phi) is 6.00. The number of thioether (sulfide) groups is 1. The largest absolute Gasteiger partial charge is 0.482 e. The highest BCUT2D eigenvalue weighted by molar-refractivity contribution is 7.98. The van der Waals surface area contributed by atoms with Gasteiger partial charge in [-0.2, -0.15) is 13.2 Å². The van der Waals surface area contributed by atoms with Gasteiger partial charge in [0.05, 0.1) is 5.56 Å². The summed E-state index contributed by atoms with van der Waals surface area (Å²) in [5.41, 5.74) is 1.86. The fourth-order valence-corrected chi connectivity index (χ4v) is 3.23. The predicted octanol–water partition coefficient (Wildman–Crippen LogP) is 5.08. The summed E-state index contributed by atoms with van der Waals surface area (Å²) >= 11 is 1.51. The van der Waals surface area contributed by atoms with Crippen molar-refractivity contribution in [3.63, 3.8) is 0 Å². The van der Waals surface area contributed by atoms with E-state index in [2.05, 4.69) is 0 Å². The molecule has 0 aliphatic rings. The maximum atomic E-state index is 12.6. The van der Waals surface area contributed by atoms with Gasteiger partial charge in [-0.1, -0.05) is 12.1 Å². The van der Waals surface area contributed by atoms with E-state index in [0.717, 1.165) is 33.7 Å². The molecular weight excluding hydrogens is 353 g/mol. The highest BCUT2D eigenvalue weighted by Gasteiger charge is 2.29. The van der Waals surface area contributed by atoms with Crippen molar-refractivity contribution in [3.05, 3.63) is 58.7 Å². The summed E-state index contributed by atoms with van der Waals surface area (Å²) < 4.78 is 42.9. The summed E-state index contributed by atoms with van der Waals surface area (Å²) in [6.45, 7) is 3.29. The number of hydrogen-bond acceptors (Lipinski definition) is 3. The molecule has 134 valence electrons. The van der Waals surface area contributed by atoms with Crippen LogP contribution in [0.3, 0.4) is 0 Å². The van der Waals surface area contributed by atoms with Crippen LogP contribution in [0.2, 0.25) is 0 Å². The van der Waals surface area contributed by atoms with Gasteiger partial charge in [0, 0.05) is 10.6 Å². The molecule has 0 heterocycles. The van der Waals surface area contributed by atoms with Gasteiger partial charge in [0.15, 0.2) is 6.61 Å². The van der Waals surface area contributed by atoms with Crippen LogP contribution < -0.4 is 4.74 Å². The highest BCUT2D eigenvalue weighted by Crippen LogP contribution is 2.33. The molecule has 0 saturated carbocycles. The first-order valence-electron chi connectivity index (χ1n) is 7.41. The summed E-state index contributed by atoms with van der Waals surface area (Å²) in [6.07, 6.45) is -4.33. The van der Waals surface area contributed by atoms with Gasteiger partial charge in [-0.25, -0.2) is 4.79 Å². The summed E-state index contributed by atoms with van der Waals surface area (Å²) in [5, 5.41) is 8.67. The molecule has 0 amide bonds. The molecule has 2 rings (SSSR count). The molecule has 0 atom stereocenters. The van der Waals surface area contributed by atoms with Crippen molar-refractivity contribution >= 4 is 17.7 Å². The number of benzene rings is 2. The van der Waals surface area contributed by atoms with Gasteiger partial charge in [-0.3, -0.25) is 0 Å².